The summed E-state index contributed by atoms with van der Waals surface area (Å²) < 4.78 is 6.82. The maximum atomic E-state index is 11.4. The van der Waals surface area contributed by atoms with Gasteiger partial charge in [0.25, 0.3) is 5.78 Å². The summed E-state index contributed by atoms with van der Waals surface area (Å²) in [6, 6.07) is 5.28. The van der Waals surface area contributed by atoms with Gasteiger partial charge in [0.1, 0.15) is 11.9 Å². The third-order valence-corrected chi connectivity index (χ3v) is 6.97. The second-order valence-corrected chi connectivity index (χ2v) is 9.37. The van der Waals surface area contributed by atoms with Gasteiger partial charge < -0.3 is 20.0 Å². The van der Waals surface area contributed by atoms with Gasteiger partial charge in [-0.2, -0.15) is 19.5 Å². The van der Waals surface area contributed by atoms with E-state index >= 15 is 0 Å². The van der Waals surface area contributed by atoms with Crippen LogP contribution in [0.3, 0.4) is 0 Å². The van der Waals surface area contributed by atoms with Crippen molar-refractivity contribution in [3.63, 3.8) is 0 Å². The number of furan rings is 1. The summed E-state index contributed by atoms with van der Waals surface area (Å²) in [7, 11) is 0. The van der Waals surface area contributed by atoms with Gasteiger partial charge in [0.05, 0.1) is 11.2 Å². The predicted octanol–water partition coefficient (Wildman–Crippen LogP) is 1.70. The minimum absolute atomic E-state index is 0.0547. The van der Waals surface area contributed by atoms with Crippen LogP contribution >= 0.6 is 0 Å². The second-order valence-electron chi connectivity index (χ2n) is 9.37. The molecule has 2 saturated heterocycles. The highest BCUT2D eigenvalue weighted by Gasteiger charge is 2.28. The minimum Gasteiger partial charge on any atom is -0.461 e. The lowest BCUT2D eigenvalue weighted by atomic mass is 9.97. The Morgan fingerprint density at radius 2 is 1.97 bits per heavy atom. The third kappa shape index (κ3) is 4.62. The Morgan fingerprint density at radius 3 is 2.76 bits per heavy atom. The lowest BCUT2D eigenvalue weighted by Gasteiger charge is -2.39. The number of hydrogen-bond acceptors (Lipinski definition) is 12. The molecule has 0 amide bonds. The van der Waals surface area contributed by atoms with E-state index in [2.05, 4.69) is 39.7 Å². The van der Waals surface area contributed by atoms with Gasteiger partial charge in [-0.3, -0.25) is 20.0 Å². The van der Waals surface area contributed by atoms with E-state index in [4.69, 9.17) is 10.2 Å². The van der Waals surface area contributed by atoms with Gasteiger partial charge in [-0.05, 0) is 37.0 Å². The SMILES string of the molecule is Nc1nc(N2CCCC(CN3CCN(c4ccncc4[N+](=O)[O-])CC3)C2)nc2nc(-c3ccco3)nn12. The van der Waals surface area contributed by atoms with Crippen LogP contribution in [0.5, 0.6) is 0 Å². The van der Waals surface area contributed by atoms with Crippen molar-refractivity contribution in [2.24, 2.45) is 5.92 Å². The molecule has 0 spiro atoms. The molecule has 2 aliphatic heterocycles. The fraction of sp³-hybridized carbons (Fsp3) is 0.435. The second kappa shape index (κ2) is 9.61. The molecule has 2 fully saturated rings. The topological polar surface area (TPSA) is 161 Å². The molecule has 2 N–H and O–H groups in total. The molecular formula is C23H27N11O3. The summed E-state index contributed by atoms with van der Waals surface area (Å²) in [6.07, 6.45) is 6.65. The lowest BCUT2D eigenvalue weighted by molar-refractivity contribution is -0.384. The number of hydrogen-bond donors (Lipinski definition) is 1. The van der Waals surface area contributed by atoms with Gasteiger partial charge in [0.15, 0.2) is 5.76 Å². The molecule has 1 unspecified atom stereocenters. The van der Waals surface area contributed by atoms with Crippen LogP contribution in [0, 0.1) is 16.0 Å². The van der Waals surface area contributed by atoms with E-state index in [0.29, 0.717) is 34.9 Å². The molecule has 0 radical (unpaired) electrons. The number of nitrogens with zero attached hydrogens (tertiary/aromatic N) is 10. The molecule has 14 nitrogen and oxygen atoms in total. The van der Waals surface area contributed by atoms with Crippen molar-refractivity contribution in [1.29, 1.82) is 0 Å². The van der Waals surface area contributed by atoms with Crippen LogP contribution in [0.15, 0.2) is 41.3 Å². The van der Waals surface area contributed by atoms with E-state index in [0.717, 1.165) is 58.7 Å². The molecule has 4 aromatic rings. The summed E-state index contributed by atoms with van der Waals surface area (Å²) in [5, 5.41) is 15.7. The summed E-state index contributed by atoms with van der Waals surface area (Å²) in [5.74, 6) is 2.58. The maximum absolute atomic E-state index is 11.4. The molecule has 0 aliphatic carbocycles. The Balaban J connectivity index is 1.10. The summed E-state index contributed by atoms with van der Waals surface area (Å²) in [6.45, 7) is 5.80. The van der Waals surface area contributed by atoms with Gasteiger partial charge in [0.2, 0.25) is 17.7 Å². The number of fused-ring (bicyclic) bond motifs is 1. The fourth-order valence-corrected chi connectivity index (χ4v) is 5.16. The Morgan fingerprint density at radius 1 is 1.11 bits per heavy atom. The van der Waals surface area contributed by atoms with Crippen molar-refractivity contribution in [3.05, 3.63) is 47.0 Å². The zero-order chi connectivity index (χ0) is 25.4. The number of nitrogen functional groups attached to an aromatic ring is 1. The molecule has 1 atom stereocenters. The molecule has 14 heteroatoms. The summed E-state index contributed by atoms with van der Waals surface area (Å²) in [4.78, 5) is 35.2. The standard InChI is InChI=1S/C23H27N11O3/c24-21-27-22(28-23-26-20(29-33(21)23)19-4-2-12-37-19)32-7-1-3-16(15-32)14-30-8-10-31(11-9-30)17-5-6-25-13-18(17)34(35)36/h2,4-6,12-13,16H,1,3,7-11,14-15H2,(H2,24,26,27,28,29). The fourth-order valence-electron chi connectivity index (χ4n) is 5.16. The number of rotatable bonds is 6. The molecule has 6 heterocycles. The van der Waals surface area contributed by atoms with Crippen molar-refractivity contribution < 1.29 is 9.34 Å². The highest BCUT2D eigenvalue weighted by atomic mass is 16.6. The number of piperidine rings is 1. The highest BCUT2D eigenvalue weighted by Crippen LogP contribution is 2.28. The molecule has 192 valence electrons. The molecular weight excluding hydrogens is 478 g/mol. The quantitative estimate of drug-likeness (QED) is 0.299. The first-order chi connectivity index (χ1) is 18.0. The van der Waals surface area contributed by atoms with Crippen molar-refractivity contribution in [1.82, 2.24) is 34.4 Å². The molecule has 2 aliphatic rings. The molecule has 0 aromatic carbocycles. The van der Waals surface area contributed by atoms with Crippen molar-refractivity contribution in [3.8, 4) is 11.6 Å². The smallest absolute Gasteiger partial charge is 0.310 e. The molecule has 4 aromatic heterocycles. The number of nitrogens with two attached hydrogens (primary N) is 1. The first kappa shape index (κ1) is 23.1. The normalized spacial score (nSPS) is 19.0. The lowest BCUT2D eigenvalue weighted by Crippen LogP contribution is -2.50. The van der Waals surface area contributed by atoms with Crippen molar-refractivity contribution >= 4 is 29.0 Å². The zero-order valence-corrected chi connectivity index (χ0v) is 20.2. The minimum atomic E-state index is -0.366. The Kier molecular flexibility index (Phi) is 6.00. The molecule has 0 bridgehead atoms. The van der Waals surface area contributed by atoms with Crippen LogP contribution < -0.4 is 15.5 Å². The first-order valence-electron chi connectivity index (χ1n) is 12.3. The van der Waals surface area contributed by atoms with E-state index in [9.17, 15) is 10.1 Å². The van der Waals surface area contributed by atoms with Crippen LogP contribution in [0.25, 0.3) is 17.4 Å². The van der Waals surface area contributed by atoms with E-state index < -0.39 is 0 Å². The van der Waals surface area contributed by atoms with Crippen LogP contribution in [0.2, 0.25) is 0 Å². The van der Waals surface area contributed by atoms with E-state index in [1.807, 2.05) is 0 Å². The highest BCUT2D eigenvalue weighted by molar-refractivity contribution is 5.62. The third-order valence-electron chi connectivity index (χ3n) is 6.97. The number of nitro groups is 1. The first-order valence-corrected chi connectivity index (χ1v) is 12.3. The van der Waals surface area contributed by atoms with Gasteiger partial charge in [-0.25, -0.2) is 0 Å². The van der Waals surface area contributed by atoms with Crippen molar-refractivity contribution in [2.75, 3.05) is 61.3 Å². The van der Waals surface area contributed by atoms with Crippen LogP contribution in [0.4, 0.5) is 23.3 Å². The summed E-state index contributed by atoms with van der Waals surface area (Å²) >= 11 is 0. The van der Waals surface area contributed by atoms with Crippen molar-refractivity contribution in [2.45, 2.75) is 12.8 Å². The number of piperazine rings is 1. The predicted molar refractivity (Wildman–Crippen MR) is 135 cm³/mol. The van der Waals surface area contributed by atoms with Gasteiger partial charge in [-0.1, -0.05) is 0 Å². The average Bonchev–Trinajstić information content (AvgIpc) is 3.60. The Hall–Kier alpha value is -4.33. The molecule has 6 rings (SSSR count). The monoisotopic (exact) mass is 505 g/mol. The van der Waals surface area contributed by atoms with E-state index in [1.54, 1.807) is 30.7 Å². The Bertz CT molecular complexity index is 1400. The largest absolute Gasteiger partial charge is 0.461 e. The van der Waals surface area contributed by atoms with Crippen LogP contribution in [0.1, 0.15) is 12.8 Å². The van der Waals surface area contributed by atoms with Crippen LogP contribution in [-0.2, 0) is 0 Å². The average molecular weight is 506 g/mol. The van der Waals surface area contributed by atoms with Gasteiger partial charge in [0, 0.05) is 52.0 Å². The van der Waals surface area contributed by atoms with Gasteiger partial charge in [-0.15, -0.1) is 5.10 Å². The maximum Gasteiger partial charge on any atom is 0.310 e. The zero-order valence-electron chi connectivity index (χ0n) is 20.2. The summed E-state index contributed by atoms with van der Waals surface area (Å²) in [5.41, 5.74) is 6.89. The molecule has 0 saturated carbocycles. The number of anilines is 3. The molecule has 37 heavy (non-hydrogen) atoms. The number of aromatic nitrogens is 6. The van der Waals surface area contributed by atoms with E-state index in [1.165, 1.54) is 10.7 Å². The number of pyridine rings is 1. The van der Waals surface area contributed by atoms with E-state index in [-0.39, 0.29) is 16.6 Å². The van der Waals surface area contributed by atoms with Crippen LogP contribution in [-0.4, -0.2) is 85.2 Å². The van der Waals surface area contributed by atoms with Gasteiger partial charge >= 0.3 is 5.69 Å². The Labute approximate surface area is 211 Å².